The summed E-state index contributed by atoms with van der Waals surface area (Å²) in [6.45, 7) is 5.99. The predicted octanol–water partition coefficient (Wildman–Crippen LogP) is 2.52. The fraction of sp³-hybridized carbons (Fsp3) is 0.364. The molecule has 0 aliphatic carbocycles. The van der Waals surface area contributed by atoms with Crippen LogP contribution in [-0.4, -0.2) is 5.91 Å². The Labute approximate surface area is 79.0 Å². The fourth-order valence-corrected chi connectivity index (χ4v) is 1.43. The summed E-state index contributed by atoms with van der Waals surface area (Å²) in [6.07, 6.45) is 0. The SMILES string of the molecule is CC.CC1NC(=O)c2ccccc21. The summed E-state index contributed by atoms with van der Waals surface area (Å²) >= 11 is 0. The molecule has 0 saturated heterocycles. The zero-order valence-electron chi connectivity index (χ0n) is 8.29. The van der Waals surface area contributed by atoms with E-state index in [0.29, 0.717) is 0 Å². The molecule has 1 aromatic rings. The maximum Gasteiger partial charge on any atom is 0.252 e. The molecule has 1 amide bonds. The fourth-order valence-electron chi connectivity index (χ4n) is 1.43. The zero-order chi connectivity index (χ0) is 9.84. The summed E-state index contributed by atoms with van der Waals surface area (Å²) in [4.78, 5) is 11.2. The average Bonchev–Trinajstić information content (AvgIpc) is 2.47. The van der Waals surface area contributed by atoms with Crippen LogP contribution in [0.2, 0.25) is 0 Å². The van der Waals surface area contributed by atoms with E-state index >= 15 is 0 Å². The quantitative estimate of drug-likeness (QED) is 0.648. The lowest BCUT2D eigenvalue weighted by molar-refractivity contribution is 0.0958. The van der Waals surface area contributed by atoms with Crippen LogP contribution in [0.15, 0.2) is 24.3 Å². The molecule has 70 valence electrons. The number of carbonyl (C=O) groups is 1. The minimum absolute atomic E-state index is 0.0492. The molecule has 0 fully saturated rings. The van der Waals surface area contributed by atoms with Gasteiger partial charge >= 0.3 is 0 Å². The van der Waals surface area contributed by atoms with Gasteiger partial charge < -0.3 is 5.32 Å². The second kappa shape index (κ2) is 4.08. The van der Waals surface area contributed by atoms with Gasteiger partial charge in [-0.05, 0) is 18.6 Å². The molecule has 2 nitrogen and oxygen atoms in total. The van der Waals surface area contributed by atoms with E-state index in [9.17, 15) is 4.79 Å². The first kappa shape index (κ1) is 9.78. The minimum Gasteiger partial charge on any atom is -0.345 e. The van der Waals surface area contributed by atoms with Gasteiger partial charge in [0.1, 0.15) is 0 Å². The maximum absolute atomic E-state index is 11.2. The molecule has 0 bridgehead atoms. The summed E-state index contributed by atoms with van der Waals surface area (Å²) < 4.78 is 0. The van der Waals surface area contributed by atoms with Crippen molar-refractivity contribution in [2.45, 2.75) is 26.8 Å². The van der Waals surface area contributed by atoms with Crippen molar-refractivity contribution in [1.29, 1.82) is 0 Å². The van der Waals surface area contributed by atoms with Crippen LogP contribution < -0.4 is 5.32 Å². The number of hydrogen-bond donors (Lipinski definition) is 1. The highest BCUT2D eigenvalue weighted by Gasteiger charge is 2.23. The van der Waals surface area contributed by atoms with E-state index in [4.69, 9.17) is 0 Å². The molecule has 0 saturated carbocycles. The third kappa shape index (κ3) is 1.72. The third-order valence-corrected chi connectivity index (χ3v) is 2.02. The normalized spacial score (nSPS) is 18.4. The van der Waals surface area contributed by atoms with Crippen LogP contribution in [0.25, 0.3) is 0 Å². The van der Waals surface area contributed by atoms with Gasteiger partial charge in [0.25, 0.3) is 5.91 Å². The lowest BCUT2D eigenvalue weighted by Crippen LogP contribution is -2.16. The van der Waals surface area contributed by atoms with E-state index in [-0.39, 0.29) is 11.9 Å². The van der Waals surface area contributed by atoms with E-state index in [1.165, 1.54) is 0 Å². The Morgan fingerprint density at radius 1 is 1.23 bits per heavy atom. The van der Waals surface area contributed by atoms with Crippen molar-refractivity contribution < 1.29 is 4.79 Å². The van der Waals surface area contributed by atoms with Gasteiger partial charge in [-0.15, -0.1) is 0 Å². The van der Waals surface area contributed by atoms with Crippen molar-refractivity contribution in [2.75, 3.05) is 0 Å². The third-order valence-electron chi connectivity index (χ3n) is 2.02. The lowest BCUT2D eigenvalue weighted by atomic mass is 10.1. The number of rotatable bonds is 0. The summed E-state index contributed by atoms with van der Waals surface area (Å²) in [5, 5.41) is 2.84. The van der Waals surface area contributed by atoms with Gasteiger partial charge in [0, 0.05) is 5.56 Å². The summed E-state index contributed by atoms with van der Waals surface area (Å²) in [5.41, 5.74) is 1.93. The number of benzene rings is 1. The largest absolute Gasteiger partial charge is 0.345 e. The number of fused-ring (bicyclic) bond motifs is 1. The lowest BCUT2D eigenvalue weighted by Gasteiger charge is -2.00. The molecule has 1 aliphatic heterocycles. The Morgan fingerprint density at radius 2 is 1.85 bits per heavy atom. The number of nitrogens with one attached hydrogen (secondary N) is 1. The van der Waals surface area contributed by atoms with Gasteiger partial charge in [0.15, 0.2) is 0 Å². The first-order chi connectivity index (χ1) is 6.29. The second-order valence-corrected chi connectivity index (χ2v) is 2.78. The molecule has 1 aliphatic rings. The molecule has 1 atom stereocenters. The molecular formula is C11H15NO. The van der Waals surface area contributed by atoms with Gasteiger partial charge in [-0.1, -0.05) is 32.0 Å². The van der Waals surface area contributed by atoms with Crippen LogP contribution in [0, 0.1) is 0 Å². The minimum atomic E-state index is 0.0492. The topological polar surface area (TPSA) is 29.1 Å². The molecule has 1 unspecified atom stereocenters. The van der Waals surface area contributed by atoms with Gasteiger partial charge in [-0.2, -0.15) is 0 Å². The molecular weight excluding hydrogens is 162 g/mol. The van der Waals surface area contributed by atoms with E-state index in [1.807, 2.05) is 45.0 Å². The molecule has 1 heterocycles. The Hall–Kier alpha value is -1.31. The number of carbonyl (C=O) groups excluding carboxylic acids is 1. The molecule has 0 aromatic heterocycles. The highest BCUT2D eigenvalue weighted by Crippen LogP contribution is 2.23. The Morgan fingerprint density at radius 3 is 2.46 bits per heavy atom. The van der Waals surface area contributed by atoms with Crippen molar-refractivity contribution in [3.8, 4) is 0 Å². The molecule has 0 radical (unpaired) electrons. The number of amides is 1. The summed E-state index contributed by atoms with van der Waals surface area (Å²) in [7, 11) is 0. The van der Waals surface area contributed by atoms with Crippen LogP contribution in [0.5, 0.6) is 0 Å². The van der Waals surface area contributed by atoms with Crippen molar-refractivity contribution in [3.05, 3.63) is 35.4 Å². The monoisotopic (exact) mass is 177 g/mol. The predicted molar refractivity (Wildman–Crippen MR) is 53.7 cm³/mol. The molecule has 1 aromatic carbocycles. The molecule has 1 N–H and O–H groups in total. The summed E-state index contributed by atoms with van der Waals surface area (Å²) in [5.74, 6) is 0.0492. The smallest absolute Gasteiger partial charge is 0.252 e. The van der Waals surface area contributed by atoms with Crippen LogP contribution in [-0.2, 0) is 0 Å². The molecule has 2 heteroatoms. The van der Waals surface area contributed by atoms with Crippen LogP contribution in [0.3, 0.4) is 0 Å². The van der Waals surface area contributed by atoms with Crippen molar-refractivity contribution >= 4 is 5.91 Å². The Kier molecular flexibility index (Phi) is 3.07. The zero-order valence-corrected chi connectivity index (χ0v) is 8.29. The second-order valence-electron chi connectivity index (χ2n) is 2.78. The van der Waals surface area contributed by atoms with Crippen LogP contribution in [0.1, 0.15) is 42.7 Å². The number of hydrogen-bond acceptors (Lipinski definition) is 1. The van der Waals surface area contributed by atoms with E-state index in [2.05, 4.69) is 5.32 Å². The highest BCUT2D eigenvalue weighted by molar-refractivity contribution is 5.98. The van der Waals surface area contributed by atoms with Gasteiger partial charge in [0.2, 0.25) is 0 Å². The average molecular weight is 177 g/mol. The van der Waals surface area contributed by atoms with E-state index in [1.54, 1.807) is 0 Å². The van der Waals surface area contributed by atoms with Crippen LogP contribution in [0.4, 0.5) is 0 Å². The van der Waals surface area contributed by atoms with E-state index < -0.39 is 0 Å². The van der Waals surface area contributed by atoms with E-state index in [0.717, 1.165) is 11.1 Å². The first-order valence-corrected chi connectivity index (χ1v) is 4.69. The van der Waals surface area contributed by atoms with Gasteiger partial charge in [-0.3, -0.25) is 4.79 Å². The molecule has 13 heavy (non-hydrogen) atoms. The maximum atomic E-state index is 11.2. The molecule has 0 spiro atoms. The van der Waals surface area contributed by atoms with Gasteiger partial charge in [-0.25, -0.2) is 0 Å². The Bertz CT molecular complexity index is 307. The van der Waals surface area contributed by atoms with Crippen molar-refractivity contribution in [3.63, 3.8) is 0 Å². The van der Waals surface area contributed by atoms with Crippen molar-refractivity contribution in [1.82, 2.24) is 5.32 Å². The first-order valence-electron chi connectivity index (χ1n) is 4.69. The van der Waals surface area contributed by atoms with Crippen molar-refractivity contribution in [2.24, 2.45) is 0 Å². The summed E-state index contributed by atoms with van der Waals surface area (Å²) in [6, 6.07) is 7.86. The Balaban J connectivity index is 0.000000396. The standard InChI is InChI=1S/C9H9NO.C2H6/c1-6-7-4-2-3-5-8(7)9(11)10-6;1-2/h2-6H,1H3,(H,10,11);1-2H3. The van der Waals surface area contributed by atoms with Crippen LogP contribution >= 0.6 is 0 Å². The van der Waals surface area contributed by atoms with Gasteiger partial charge in [0.05, 0.1) is 6.04 Å². The molecule has 2 rings (SSSR count). The highest BCUT2D eigenvalue weighted by atomic mass is 16.2.